The summed E-state index contributed by atoms with van der Waals surface area (Å²) in [6, 6.07) is 0. The number of hydrogen-bond acceptors (Lipinski definition) is 4. The van der Waals surface area contributed by atoms with Crippen LogP contribution < -0.4 is 16.6 Å². The van der Waals surface area contributed by atoms with Gasteiger partial charge in [-0.3, -0.25) is 23.5 Å². The minimum Gasteiger partial charge on any atom is -0.344 e. The molecule has 1 aromatic heterocycles. The molecule has 0 aliphatic heterocycles. The van der Waals surface area contributed by atoms with Crippen molar-refractivity contribution in [2.45, 2.75) is 13.5 Å². The summed E-state index contributed by atoms with van der Waals surface area (Å²) in [5, 5.41) is 2.38. The van der Waals surface area contributed by atoms with Gasteiger partial charge >= 0.3 is 5.69 Å². The molecule has 7 nitrogen and oxygen atoms in total. The van der Waals surface area contributed by atoms with Crippen LogP contribution in [0.2, 0.25) is 0 Å². The minimum absolute atomic E-state index is 0.0406. The van der Waals surface area contributed by atoms with Crippen LogP contribution in [-0.4, -0.2) is 27.4 Å². The molecular weight excluding hydrogens is 250 g/mol. The maximum atomic E-state index is 11.8. The number of carbonyl (C=O) groups excluding carboxylic acids is 2. The van der Waals surface area contributed by atoms with E-state index in [-0.39, 0.29) is 18.7 Å². The van der Waals surface area contributed by atoms with E-state index in [0.29, 0.717) is 0 Å². The van der Waals surface area contributed by atoms with Crippen LogP contribution in [0.1, 0.15) is 17.3 Å². The number of Topliss-reactive ketones (excluding diaryl/α,β-unsaturated/α-hetero) is 1. The van der Waals surface area contributed by atoms with Crippen LogP contribution in [0.5, 0.6) is 0 Å². The van der Waals surface area contributed by atoms with Crippen molar-refractivity contribution >= 4 is 11.7 Å². The van der Waals surface area contributed by atoms with Crippen molar-refractivity contribution in [3.8, 4) is 12.3 Å². The first-order valence-electron chi connectivity index (χ1n) is 5.40. The predicted octanol–water partition coefficient (Wildman–Crippen LogP) is -1.50. The molecule has 0 aliphatic rings. The molecule has 0 atom stereocenters. The summed E-state index contributed by atoms with van der Waals surface area (Å²) in [6.07, 6.45) is 6.07. The van der Waals surface area contributed by atoms with E-state index in [1.165, 1.54) is 14.0 Å². The molecule has 1 aromatic rings. The number of amides is 1. The maximum Gasteiger partial charge on any atom is 0.331 e. The summed E-state index contributed by atoms with van der Waals surface area (Å²) in [4.78, 5) is 46.2. The summed E-state index contributed by atoms with van der Waals surface area (Å²) in [5.74, 6) is 1.27. The summed E-state index contributed by atoms with van der Waals surface area (Å²) in [5.41, 5.74) is -1.50. The molecule has 0 fully saturated rings. The predicted molar refractivity (Wildman–Crippen MR) is 67.8 cm³/mol. The standard InChI is InChI=1S/C12H13N3O4/c1-4-5-13-10(17)7-15-6-9(8(2)16)11(18)14(3)12(15)19/h1,6H,5,7H2,2-3H3,(H,13,17). The third-order valence-corrected chi connectivity index (χ3v) is 2.43. The first-order chi connectivity index (χ1) is 8.88. The lowest BCUT2D eigenvalue weighted by molar-refractivity contribution is -0.121. The highest BCUT2D eigenvalue weighted by Gasteiger charge is 2.13. The van der Waals surface area contributed by atoms with Crippen LogP contribution in [0, 0.1) is 12.3 Å². The van der Waals surface area contributed by atoms with Crippen molar-refractivity contribution in [2.24, 2.45) is 7.05 Å². The van der Waals surface area contributed by atoms with Crippen molar-refractivity contribution in [1.82, 2.24) is 14.5 Å². The highest BCUT2D eigenvalue weighted by Crippen LogP contribution is 1.91. The second-order valence-corrected chi connectivity index (χ2v) is 3.85. The zero-order valence-electron chi connectivity index (χ0n) is 10.6. The third kappa shape index (κ3) is 3.19. The Bertz CT molecular complexity index is 676. The normalized spacial score (nSPS) is 9.74. The van der Waals surface area contributed by atoms with Gasteiger partial charge in [0.05, 0.1) is 12.1 Å². The summed E-state index contributed by atoms with van der Waals surface area (Å²) < 4.78 is 1.77. The van der Waals surface area contributed by atoms with Gasteiger partial charge < -0.3 is 5.32 Å². The van der Waals surface area contributed by atoms with E-state index in [0.717, 1.165) is 15.3 Å². The highest BCUT2D eigenvalue weighted by atomic mass is 16.2. The molecule has 0 saturated carbocycles. The zero-order chi connectivity index (χ0) is 14.6. The Kier molecular flexibility index (Phi) is 4.42. The molecule has 0 radical (unpaired) electrons. The van der Waals surface area contributed by atoms with Gasteiger partial charge in [0.1, 0.15) is 6.54 Å². The quantitative estimate of drug-likeness (QED) is 0.528. The molecule has 19 heavy (non-hydrogen) atoms. The molecule has 0 aliphatic carbocycles. The van der Waals surface area contributed by atoms with Gasteiger partial charge in [0, 0.05) is 13.2 Å². The lowest BCUT2D eigenvalue weighted by Gasteiger charge is -2.08. The molecule has 1 amide bonds. The van der Waals surface area contributed by atoms with Crippen LogP contribution in [0.4, 0.5) is 0 Å². The number of rotatable bonds is 4. The van der Waals surface area contributed by atoms with Crippen molar-refractivity contribution < 1.29 is 9.59 Å². The van der Waals surface area contributed by atoms with Crippen LogP contribution in [-0.2, 0) is 18.4 Å². The summed E-state index contributed by atoms with van der Waals surface area (Å²) in [7, 11) is 1.24. The third-order valence-electron chi connectivity index (χ3n) is 2.43. The first kappa shape index (κ1) is 14.4. The fourth-order valence-electron chi connectivity index (χ4n) is 1.44. The van der Waals surface area contributed by atoms with Crippen molar-refractivity contribution in [3.05, 3.63) is 32.6 Å². The summed E-state index contributed by atoms with van der Waals surface area (Å²) in [6.45, 7) is 0.942. The Hall–Kier alpha value is -2.62. The first-order valence-corrected chi connectivity index (χ1v) is 5.40. The van der Waals surface area contributed by atoms with Gasteiger partial charge in [-0.05, 0) is 6.92 Å². The van der Waals surface area contributed by atoms with Gasteiger partial charge in [-0.15, -0.1) is 6.42 Å². The van der Waals surface area contributed by atoms with E-state index in [1.54, 1.807) is 0 Å². The SMILES string of the molecule is C#CCNC(=O)Cn1cc(C(C)=O)c(=O)n(C)c1=O. The average molecular weight is 263 g/mol. The molecule has 7 heteroatoms. The average Bonchev–Trinajstić information content (AvgIpc) is 2.36. The van der Waals surface area contributed by atoms with E-state index >= 15 is 0 Å². The van der Waals surface area contributed by atoms with Crippen molar-refractivity contribution in [1.29, 1.82) is 0 Å². The Morgan fingerprint density at radius 3 is 2.58 bits per heavy atom. The monoisotopic (exact) mass is 263 g/mol. The van der Waals surface area contributed by atoms with Gasteiger partial charge in [0.25, 0.3) is 5.56 Å². The van der Waals surface area contributed by atoms with Crippen LogP contribution in [0.15, 0.2) is 15.8 Å². The van der Waals surface area contributed by atoms with E-state index in [2.05, 4.69) is 11.2 Å². The molecule has 0 spiro atoms. The molecule has 0 saturated heterocycles. The number of hydrogen-bond donors (Lipinski definition) is 1. The number of carbonyl (C=O) groups is 2. The molecule has 1 heterocycles. The van der Waals surface area contributed by atoms with Gasteiger partial charge in [-0.2, -0.15) is 0 Å². The molecule has 0 bridgehead atoms. The van der Waals surface area contributed by atoms with E-state index in [1.807, 2.05) is 0 Å². The molecular formula is C12H13N3O4. The Morgan fingerprint density at radius 2 is 2.05 bits per heavy atom. The van der Waals surface area contributed by atoms with E-state index in [4.69, 9.17) is 6.42 Å². The fraction of sp³-hybridized carbons (Fsp3) is 0.333. The molecule has 0 aromatic carbocycles. The highest BCUT2D eigenvalue weighted by molar-refractivity contribution is 5.93. The second kappa shape index (κ2) is 5.82. The van der Waals surface area contributed by atoms with Crippen LogP contribution >= 0.6 is 0 Å². The number of aromatic nitrogens is 2. The number of nitrogens with zero attached hydrogens (tertiary/aromatic N) is 2. The minimum atomic E-state index is -0.683. The largest absolute Gasteiger partial charge is 0.344 e. The topological polar surface area (TPSA) is 90.2 Å². The van der Waals surface area contributed by atoms with Crippen LogP contribution in [0.25, 0.3) is 0 Å². The lowest BCUT2D eigenvalue weighted by atomic mass is 10.2. The Balaban J connectivity index is 3.20. The van der Waals surface area contributed by atoms with Gasteiger partial charge in [-0.25, -0.2) is 4.79 Å². The molecule has 1 rings (SSSR count). The smallest absolute Gasteiger partial charge is 0.331 e. The van der Waals surface area contributed by atoms with Crippen LogP contribution in [0.3, 0.4) is 0 Å². The zero-order valence-corrected chi connectivity index (χ0v) is 10.6. The fourth-order valence-corrected chi connectivity index (χ4v) is 1.44. The summed E-state index contributed by atoms with van der Waals surface area (Å²) >= 11 is 0. The Morgan fingerprint density at radius 1 is 1.42 bits per heavy atom. The van der Waals surface area contributed by atoms with E-state index < -0.39 is 22.9 Å². The van der Waals surface area contributed by atoms with Gasteiger partial charge in [-0.1, -0.05) is 5.92 Å². The van der Waals surface area contributed by atoms with Gasteiger partial charge in [0.15, 0.2) is 5.78 Å². The van der Waals surface area contributed by atoms with Gasteiger partial charge in [0.2, 0.25) is 5.91 Å². The second-order valence-electron chi connectivity index (χ2n) is 3.85. The van der Waals surface area contributed by atoms with E-state index in [9.17, 15) is 19.2 Å². The molecule has 0 unspecified atom stereocenters. The van der Waals surface area contributed by atoms with Crippen molar-refractivity contribution in [3.63, 3.8) is 0 Å². The maximum absolute atomic E-state index is 11.8. The lowest BCUT2D eigenvalue weighted by Crippen LogP contribution is -2.42. The van der Waals surface area contributed by atoms with Crippen molar-refractivity contribution in [2.75, 3.05) is 6.54 Å². The molecule has 1 N–H and O–H groups in total. The Labute approximate surface area is 108 Å². The molecule has 100 valence electrons. The number of terminal acetylenes is 1. The number of ketones is 1. The number of nitrogens with one attached hydrogen (secondary N) is 1.